The van der Waals surface area contributed by atoms with E-state index in [1.807, 2.05) is 36.4 Å². The molecule has 0 bridgehead atoms. The summed E-state index contributed by atoms with van der Waals surface area (Å²) in [6, 6.07) is 29.8. The summed E-state index contributed by atoms with van der Waals surface area (Å²) in [6.45, 7) is 1.12. The topological polar surface area (TPSA) is 105 Å². The lowest BCUT2D eigenvalue weighted by atomic mass is 10.1. The number of hydrogen-bond donors (Lipinski definition) is 1. The Labute approximate surface area is 246 Å². The number of hydrogen-bond acceptors (Lipinski definition) is 6. The van der Waals surface area contributed by atoms with Crippen molar-refractivity contribution in [2.45, 2.75) is 24.4 Å². The van der Waals surface area contributed by atoms with Crippen LogP contribution in [-0.4, -0.2) is 51.9 Å². The molecule has 1 N–H and O–H groups in total. The van der Waals surface area contributed by atoms with E-state index in [2.05, 4.69) is 5.32 Å². The van der Waals surface area contributed by atoms with Crippen LogP contribution < -0.4 is 19.1 Å². The molecule has 1 atom stereocenters. The van der Waals surface area contributed by atoms with Gasteiger partial charge in [-0.05, 0) is 73.2 Å². The monoisotopic (exact) mass is 587 g/mol. The second-order valence-corrected chi connectivity index (χ2v) is 11.3. The van der Waals surface area contributed by atoms with Crippen molar-refractivity contribution in [2.24, 2.45) is 0 Å². The van der Waals surface area contributed by atoms with Gasteiger partial charge in [-0.2, -0.15) is 0 Å². The highest BCUT2D eigenvalue weighted by molar-refractivity contribution is 7.92. The zero-order chi connectivity index (χ0) is 30.1. The molecule has 0 saturated heterocycles. The standard InChI is InChI=1S/C32H33N3O6S/c1-24(32(37)33-2)34(22-25-11-10-14-29(21-25)40-3)31(36)23-35(42(38,39)30-15-8-5-9-16-30)26-17-19-28(20-18-26)41-27-12-6-4-7-13-27/h4-21,24H,22-23H2,1-3H3,(H,33,37). The van der Waals surface area contributed by atoms with Gasteiger partial charge in [0.05, 0.1) is 17.7 Å². The number of carbonyl (C=O) groups excluding carboxylic acids is 2. The van der Waals surface area contributed by atoms with Crippen LogP contribution in [0, 0.1) is 0 Å². The van der Waals surface area contributed by atoms with Gasteiger partial charge >= 0.3 is 0 Å². The fraction of sp³-hybridized carbons (Fsp3) is 0.188. The minimum absolute atomic E-state index is 0.0288. The average molecular weight is 588 g/mol. The third kappa shape index (κ3) is 7.27. The second kappa shape index (κ2) is 13.7. The highest BCUT2D eigenvalue weighted by Crippen LogP contribution is 2.28. The highest BCUT2D eigenvalue weighted by atomic mass is 32.2. The zero-order valence-corrected chi connectivity index (χ0v) is 24.5. The molecular weight excluding hydrogens is 554 g/mol. The molecule has 0 aliphatic rings. The van der Waals surface area contributed by atoms with Crippen molar-refractivity contribution >= 4 is 27.5 Å². The van der Waals surface area contributed by atoms with Gasteiger partial charge in [0.2, 0.25) is 11.8 Å². The fourth-order valence-electron chi connectivity index (χ4n) is 4.31. The van der Waals surface area contributed by atoms with Crippen LogP contribution in [0.5, 0.6) is 17.2 Å². The molecule has 2 amide bonds. The minimum Gasteiger partial charge on any atom is -0.497 e. The lowest BCUT2D eigenvalue weighted by Crippen LogP contribution is -2.50. The van der Waals surface area contributed by atoms with Crippen LogP contribution in [0.25, 0.3) is 0 Å². The Morgan fingerprint density at radius 3 is 2.02 bits per heavy atom. The van der Waals surface area contributed by atoms with Crippen molar-refractivity contribution in [3.63, 3.8) is 0 Å². The molecule has 0 fully saturated rings. The van der Waals surface area contributed by atoms with Gasteiger partial charge in [-0.1, -0.05) is 48.5 Å². The number of rotatable bonds is 12. The molecule has 0 aromatic heterocycles. The molecule has 218 valence electrons. The van der Waals surface area contributed by atoms with Crippen LogP contribution in [0.15, 0.2) is 114 Å². The first-order chi connectivity index (χ1) is 20.2. The van der Waals surface area contributed by atoms with Crippen LogP contribution in [-0.2, 0) is 26.2 Å². The van der Waals surface area contributed by atoms with Crippen molar-refractivity contribution < 1.29 is 27.5 Å². The Bertz CT molecular complexity index is 1600. The summed E-state index contributed by atoms with van der Waals surface area (Å²) in [5.74, 6) is 0.787. The molecule has 0 radical (unpaired) electrons. The largest absolute Gasteiger partial charge is 0.497 e. The number of amides is 2. The van der Waals surface area contributed by atoms with Gasteiger partial charge < -0.3 is 19.7 Å². The Morgan fingerprint density at radius 1 is 0.810 bits per heavy atom. The molecular formula is C32H33N3O6S. The Morgan fingerprint density at radius 2 is 1.40 bits per heavy atom. The van der Waals surface area contributed by atoms with E-state index < -0.39 is 28.5 Å². The number of benzene rings is 4. The van der Waals surface area contributed by atoms with Crippen molar-refractivity contribution in [3.8, 4) is 17.2 Å². The third-order valence-electron chi connectivity index (χ3n) is 6.61. The predicted molar refractivity (Wildman–Crippen MR) is 161 cm³/mol. The number of likely N-dealkylation sites (N-methyl/N-ethyl adjacent to an activating group) is 1. The van der Waals surface area contributed by atoms with Gasteiger partial charge in [-0.3, -0.25) is 13.9 Å². The molecule has 4 aromatic rings. The molecule has 4 rings (SSSR count). The molecule has 1 unspecified atom stereocenters. The summed E-state index contributed by atoms with van der Waals surface area (Å²) in [5, 5.41) is 2.57. The lowest BCUT2D eigenvalue weighted by molar-refractivity contribution is -0.139. The molecule has 0 aliphatic heterocycles. The maximum absolute atomic E-state index is 13.9. The number of para-hydroxylation sites is 1. The van der Waals surface area contributed by atoms with E-state index in [9.17, 15) is 18.0 Å². The third-order valence-corrected chi connectivity index (χ3v) is 8.40. The summed E-state index contributed by atoms with van der Waals surface area (Å²) < 4.78 is 40.0. The Balaban J connectivity index is 1.69. The SMILES string of the molecule is CNC(=O)C(C)N(Cc1cccc(OC)c1)C(=O)CN(c1ccc(Oc2ccccc2)cc1)S(=O)(=O)c1ccccc1. The van der Waals surface area contributed by atoms with E-state index in [0.29, 0.717) is 17.2 Å². The van der Waals surface area contributed by atoms with E-state index >= 15 is 0 Å². The molecule has 0 spiro atoms. The fourth-order valence-corrected chi connectivity index (χ4v) is 5.75. The van der Waals surface area contributed by atoms with E-state index in [0.717, 1.165) is 9.87 Å². The van der Waals surface area contributed by atoms with Crippen LogP contribution in [0.4, 0.5) is 5.69 Å². The molecule has 10 heteroatoms. The summed E-state index contributed by atoms with van der Waals surface area (Å²) in [7, 11) is -1.14. The molecule has 0 aliphatic carbocycles. The highest BCUT2D eigenvalue weighted by Gasteiger charge is 2.32. The second-order valence-electron chi connectivity index (χ2n) is 9.40. The maximum Gasteiger partial charge on any atom is 0.264 e. The first-order valence-corrected chi connectivity index (χ1v) is 14.7. The van der Waals surface area contributed by atoms with Gasteiger partial charge in [-0.15, -0.1) is 0 Å². The molecule has 9 nitrogen and oxygen atoms in total. The first-order valence-electron chi connectivity index (χ1n) is 13.3. The number of sulfonamides is 1. The summed E-state index contributed by atoms with van der Waals surface area (Å²) in [4.78, 5) is 28.0. The van der Waals surface area contributed by atoms with E-state index in [1.165, 1.54) is 31.2 Å². The summed E-state index contributed by atoms with van der Waals surface area (Å²) in [5.41, 5.74) is 0.986. The number of anilines is 1. The van der Waals surface area contributed by atoms with E-state index in [-0.39, 0.29) is 23.0 Å². The molecule has 0 heterocycles. The molecule has 42 heavy (non-hydrogen) atoms. The van der Waals surface area contributed by atoms with Crippen LogP contribution >= 0.6 is 0 Å². The Kier molecular flexibility index (Phi) is 9.82. The quantitative estimate of drug-likeness (QED) is 0.254. The number of carbonyl (C=O) groups is 2. The smallest absolute Gasteiger partial charge is 0.264 e. The van der Waals surface area contributed by atoms with Crippen LogP contribution in [0.1, 0.15) is 12.5 Å². The van der Waals surface area contributed by atoms with Gasteiger partial charge in [0.1, 0.15) is 29.8 Å². The summed E-state index contributed by atoms with van der Waals surface area (Å²) in [6.07, 6.45) is 0. The van der Waals surface area contributed by atoms with Crippen molar-refractivity contribution in [3.05, 3.63) is 115 Å². The zero-order valence-electron chi connectivity index (χ0n) is 23.6. The number of nitrogens with one attached hydrogen (secondary N) is 1. The van der Waals surface area contributed by atoms with Gasteiger partial charge in [0, 0.05) is 13.6 Å². The number of methoxy groups -OCH3 is 1. The molecule has 0 saturated carbocycles. The maximum atomic E-state index is 13.9. The number of nitrogens with zero attached hydrogens (tertiary/aromatic N) is 2. The van der Waals surface area contributed by atoms with Gasteiger partial charge in [0.25, 0.3) is 10.0 Å². The van der Waals surface area contributed by atoms with Crippen molar-refractivity contribution in [1.29, 1.82) is 0 Å². The summed E-state index contributed by atoms with van der Waals surface area (Å²) >= 11 is 0. The van der Waals surface area contributed by atoms with E-state index in [1.54, 1.807) is 67.6 Å². The number of ether oxygens (including phenoxy) is 2. The molecule has 4 aromatic carbocycles. The predicted octanol–water partition coefficient (Wildman–Crippen LogP) is 4.85. The normalized spacial score (nSPS) is 11.7. The average Bonchev–Trinajstić information content (AvgIpc) is 3.03. The Hall–Kier alpha value is -4.83. The van der Waals surface area contributed by atoms with Crippen LogP contribution in [0.2, 0.25) is 0 Å². The minimum atomic E-state index is -4.17. The van der Waals surface area contributed by atoms with Crippen molar-refractivity contribution in [2.75, 3.05) is 25.0 Å². The van der Waals surface area contributed by atoms with Crippen LogP contribution in [0.3, 0.4) is 0 Å². The van der Waals surface area contributed by atoms with Gasteiger partial charge in [0.15, 0.2) is 0 Å². The van der Waals surface area contributed by atoms with Gasteiger partial charge in [-0.25, -0.2) is 8.42 Å². The first kappa shape index (κ1) is 30.1. The lowest BCUT2D eigenvalue weighted by Gasteiger charge is -2.31. The van der Waals surface area contributed by atoms with Crippen molar-refractivity contribution in [1.82, 2.24) is 10.2 Å². The van der Waals surface area contributed by atoms with E-state index in [4.69, 9.17) is 9.47 Å².